The number of hydrogen-bond donors (Lipinski definition) is 1. The van der Waals surface area contributed by atoms with E-state index in [-0.39, 0.29) is 16.8 Å². The summed E-state index contributed by atoms with van der Waals surface area (Å²) in [5.41, 5.74) is -13.6. The number of nitriles is 1. The fourth-order valence-electron chi connectivity index (χ4n) is 3.95. The highest BCUT2D eigenvalue weighted by molar-refractivity contribution is 9.10. The third kappa shape index (κ3) is 6.58. The van der Waals surface area contributed by atoms with Crippen LogP contribution < -0.4 is 10.2 Å². The minimum absolute atomic E-state index is 0.0118. The van der Waals surface area contributed by atoms with Crippen LogP contribution in [0.25, 0.3) is 0 Å². The van der Waals surface area contributed by atoms with Crippen molar-refractivity contribution in [3.05, 3.63) is 93.0 Å². The van der Waals surface area contributed by atoms with E-state index in [1.807, 2.05) is 6.07 Å². The summed E-state index contributed by atoms with van der Waals surface area (Å²) >= 11 is 2.31. The molecule has 0 heterocycles. The molecule has 0 saturated carbocycles. The molecule has 3 aromatic rings. The van der Waals surface area contributed by atoms with Crippen molar-refractivity contribution in [1.29, 1.82) is 5.26 Å². The van der Waals surface area contributed by atoms with E-state index in [1.165, 1.54) is 43.4 Å². The molecule has 0 saturated heterocycles. The van der Waals surface area contributed by atoms with Gasteiger partial charge >= 0.3 is 30.1 Å². The topological polar surface area (TPSA) is 73.2 Å². The van der Waals surface area contributed by atoms with Crippen LogP contribution in [0.5, 0.6) is 0 Å². The first-order chi connectivity index (χ1) is 20.5. The van der Waals surface area contributed by atoms with Crippen LogP contribution in [0.2, 0.25) is 0 Å². The van der Waals surface area contributed by atoms with Gasteiger partial charge in [-0.2, -0.15) is 53.6 Å². The SMILES string of the molecule is CN(C(=O)c1cccc(C#N)c1)c1cccc(C(=O)Nc2c(Br)cc(C(F)(C(F)(F)F)C(F)(F)C(F)(F)F)cc2C(F)(F)F)c1. The highest BCUT2D eigenvalue weighted by Gasteiger charge is 2.82. The molecule has 18 heteroatoms. The van der Waals surface area contributed by atoms with Gasteiger partial charge in [0.15, 0.2) is 0 Å². The maximum atomic E-state index is 14.9. The number of alkyl halides is 12. The highest BCUT2D eigenvalue weighted by atomic mass is 79.9. The summed E-state index contributed by atoms with van der Waals surface area (Å²) in [6.07, 6.45) is -20.1. The van der Waals surface area contributed by atoms with Crippen LogP contribution in [0.15, 0.2) is 65.1 Å². The van der Waals surface area contributed by atoms with Gasteiger partial charge in [-0.3, -0.25) is 9.59 Å². The van der Waals surface area contributed by atoms with Crippen molar-refractivity contribution in [2.45, 2.75) is 30.1 Å². The number of nitrogens with one attached hydrogen (secondary N) is 1. The lowest BCUT2D eigenvalue weighted by Gasteiger charge is -2.36. The number of nitrogens with zero attached hydrogens (tertiary/aromatic N) is 2. The molecule has 5 nitrogen and oxygen atoms in total. The van der Waals surface area contributed by atoms with Gasteiger partial charge in [-0.15, -0.1) is 0 Å². The molecule has 3 rings (SSSR count). The number of rotatable bonds is 6. The van der Waals surface area contributed by atoms with Crippen LogP contribution >= 0.6 is 15.9 Å². The first-order valence-electron chi connectivity index (χ1n) is 11.8. The lowest BCUT2D eigenvalue weighted by Crippen LogP contribution is -2.59. The first kappa shape index (κ1) is 35.2. The molecule has 0 aliphatic rings. The molecular weight excluding hydrogens is 706 g/mol. The fourth-order valence-corrected chi connectivity index (χ4v) is 4.51. The molecule has 1 atom stereocenters. The Labute approximate surface area is 253 Å². The molecule has 2 amide bonds. The van der Waals surface area contributed by atoms with E-state index in [0.717, 1.165) is 17.0 Å². The van der Waals surface area contributed by atoms with Crippen LogP contribution in [0, 0.1) is 11.3 Å². The van der Waals surface area contributed by atoms with Crippen LogP contribution in [0.4, 0.5) is 64.1 Å². The molecule has 0 bridgehead atoms. The third-order valence-electron chi connectivity index (χ3n) is 6.25. The van der Waals surface area contributed by atoms with Crippen molar-refractivity contribution in [2.75, 3.05) is 17.3 Å². The van der Waals surface area contributed by atoms with Crippen molar-refractivity contribution in [3.63, 3.8) is 0 Å². The Morgan fingerprint density at radius 2 is 1.38 bits per heavy atom. The highest BCUT2D eigenvalue weighted by Crippen LogP contribution is 2.59. The van der Waals surface area contributed by atoms with Gasteiger partial charge in [0.25, 0.3) is 11.8 Å². The standard InChI is InChI=1S/C27H14BrF12N3O2/c1-43(22(45)15-6-2-4-13(8-15)12-41)17-7-3-5-14(9-17)21(44)42-20-18(24(30,31)32)10-16(11-19(20)28)23(29,26(35,36)37)25(33,34)27(38,39)40/h2-11H,1H3,(H,42,44). The van der Waals surface area contributed by atoms with Gasteiger partial charge in [0.2, 0.25) is 0 Å². The van der Waals surface area contributed by atoms with E-state index in [1.54, 1.807) is 5.32 Å². The third-order valence-corrected chi connectivity index (χ3v) is 6.88. The number of hydrogen-bond acceptors (Lipinski definition) is 3. The summed E-state index contributed by atoms with van der Waals surface area (Å²) in [5, 5.41) is 10.7. The molecule has 0 fully saturated rings. The number of benzene rings is 3. The second-order valence-corrected chi connectivity index (χ2v) is 10.0. The Morgan fingerprint density at radius 3 is 1.91 bits per heavy atom. The van der Waals surface area contributed by atoms with Gasteiger partial charge < -0.3 is 10.2 Å². The van der Waals surface area contributed by atoms with Crippen LogP contribution in [-0.4, -0.2) is 37.1 Å². The van der Waals surface area contributed by atoms with Gasteiger partial charge in [-0.25, -0.2) is 4.39 Å². The normalized spacial score (nSPS) is 13.9. The minimum atomic E-state index is -7.24. The molecule has 0 aliphatic heterocycles. The summed E-state index contributed by atoms with van der Waals surface area (Å²) in [6.45, 7) is 0. The summed E-state index contributed by atoms with van der Waals surface area (Å²) in [5.74, 6) is -9.34. The predicted octanol–water partition coefficient (Wildman–Crippen LogP) is 8.79. The maximum absolute atomic E-state index is 14.9. The second kappa shape index (κ2) is 11.9. The first-order valence-corrected chi connectivity index (χ1v) is 12.6. The van der Waals surface area contributed by atoms with E-state index in [2.05, 4.69) is 15.9 Å². The van der Waals surface area contributed by atoms with Crippen LogP contribution in [0.3, 0.4) is 0 Å². The van der Waals surface area contributed by atoms with Gasteiger partial charge in [-0.1, -0.05) is 12.1 Å². The average molecular weight is 720 g/mol. The summed E-state index contributed by atoms with van der Waals surface area (Å²) < 4.78 is 162. The van der Waals surface area contributed by atoms with Crippen molar-refractivity contribution < 1.29 is 62.3 Å². The van der Waals surface area contributed by atoms with E-state index >= 15 is 0 Å². The molecular formula is C27H14BrF12N3O2. The molecule has 240 valence electrons. The molecule has 45 heavy (non-hydrogen) atoms. The predicted molar refractivity (Wildman–Crippen MR) is 137 cm³/mol. The van der Waals surface area contributed by atoms with Crippen molar-refractivity contribution in [1.82, 2.24) is 0 Å². The van der Waals surface area contributed by atoms with E-state index in [9.17, 15) is 62.3 Å². The van der Waals surface area contributed by atoms with Gasteiger partial charge in [0.05, 0.1) is 22.9 Å². The molecule has 1 unspecified atom stereocenters. The van der Waals surface area contributed by atoms with Crippen LogP contribution in [0.1, 0.15) is 37.4 Å². The number of anilines is 2. The van der Waals surface area contributed by atoms with Gasteiger partial charge in [-0.05, 0) is 64.5 Å². The fraction of sp³-hybridized carbons (Fsp3) is 0.222. The Bertz CT molecular complexity index is 1680. The van der Waals surface area contributed by atoms with Crippen molar-refractivity contribution in [2.24, 2.45) is 0 Å². The molecule has 0 aromatic heterocycles. The Kier molecular flexibility index (Phi) is 9.32. The number of carbonyl (C=O) groups is 2. The largest absolute Gasteiger partial charge is 0.457 e. The smallest absolute Gasteiger partial charge is 0.320 e. The lowest BCUT2D eigenvalue weighted by molar-refractivity contribution is -0.389. The number of amides is 2. The van der Waals surface area contributed by atoms with Crippen molar-refractivity contribution >= 4 is 39.1 Å². The zero-order chi connectivity index (χ0) is 34.3. The second-order valence-electron chi connectivity index (χ2n) is 9.17. The maximum Gasteiger partial charge on any atom is 0.457 e. The molecule has 0 radical (unpaired) electrons. The molecule has 0 aliphatic carbocycles. The Hall–Kier alpha value is -4.27. The Morgan fingerprint density at radius 1 is 0.800 bits per heavy atom. The molecule has 1 N–H and O–H groups in total. The molecule has 0 spiro atoms. The van der Waals surface area contributed by atoms with Gasteiger partial charge in [0.1, 0.15) is 0 Å². The average Bonchev–Trinajstić information content (AvgIpc) is 2.94. The number of halogens is 13. The summed E-state index contributed by atoms with van der Waals surface area (Å²) in [7, 11) is 1.25. The quantitative estimate of drug-likeness (QED) is 0.259. The van der Waals surface area contributed by atoms with E-state index in [4.69, 9.17) is 5.26 Å². The zero-order valence-corrected chi connectivity index (χ0v) is 23.5. The van der Waals surface area contributed by atoms with Gasteiger partial charge in [0, 0.05) is 33.9 Å². The summed E-state index contributed by atoms with van der Waals surface area (Å²) in [4.78, 5) is 26.8. The minimum Gasteiger partial charge on any atom is -0.320 e. The number of carbonyl (C=O) groups excluding carboxylic acids is 2. The monoisotopic (exact) mass is 719 g/mol. The zero-order valence-electron chi connectivity index (χ0n) is 21.9. The molecule has 3 aromatic carbocycles. The van der Waals surface area contributed by atoms with E-state index < -0.39 is 80.9 Å². The van der Waals surface area contributed by atoms with E-state index in [0.29, 0.717) is 0 Å². The summed E-state index contributed by atoms with van der Waals surface area (Å²) in [6, 6.07) is 10.5. The Balaban J connectivity index is 2.07. The van der Waals surface area contributed by atoms with Crippen molar-refractivity contribution in [3.8, 4) is 6.07 Å². The lowest BCUT2D eigenvalue weighted by atomic mass is 9.86. The van der Waals surface area contributed by atoms with Crippen LogP contribution in [-0.2, 0) is 11.8 Å².